The van der Waals surface area contributed by atoms with Gasteiger partial charge in [-0.1, -0.05) is 36.8 Å². The third-order valence-electron chi connectivity index (χ3n) is 6.10. The van der Waals surface area contributed by atoms with E-state index in [0.717, 1.165) is 0 Å². The molecule has 0 bridgehead atoms. The van der Waals surface area contributed by atoms with Crippen molar-refractivity contribution in [2.75, 3.05) is 13.1 Å². The summed E-state index contributed by atoms with van der Waals surface area (Å²) in [6, 6.07) is 4.31. The average Bonchev–Trinajstić information content (AvgIpc) is 2.90. The van der Waals surface area contributed by atoms with Crippen LogP contribution in [0.2, 0.25) is 0 Å². The Balaban J connectivity index is 3.00. The lowest BCUT2D eigenvalue weighted by Crippen LogP contribution is -2.57. The Morgan fingerprint density at radius 2 is 1.23 bits per heavy atom. The summed E-state index contributed by atoms with van der Waals surface area (Å²) in [5.74, 6) is -3.94. The Kier molecular flexibility index (Phi) is 16.0. The molecule has 218 valence electrons. The van der Waals surface area contributed by atoms with Crippen molar-refractivity contribution in [3.63, 3.8) is 0 Å². The number of carbonyl (C=O) groups excluding carboxylic acids is 4. The molecule has 1 aromatic carbocycles. The van der Waals surface area contributed by atoms with Gasteiger partial charge in [-0.15, -0.1) is 0 Å². The predicted molar refractivity (Wildman–Crippen MR) is 146 cm³/mol. The van der Waals surface area contributed by atoms with E-state index in [4.69, 9.17) is 22.9 Å². The molecule has 4 unspecified atom stereocenters. The van der Waals surface area contributed by atoms with Crippen molar-refractivity contribution < 1.29 is 29.1 Å². The lowest BCUT2D eigenvalue weighted by Gasteiger charge is -2.25. The van der Waals surface area contributed by atoms with E-state index in [1.165, 1.54) is 0 Å². The molecule has 12 N–H and O–H groups in total. The maximum absolute atomic E-state index is 13.2. The maximum atomic E-state index is 13.2. The molecule has 1 aromatic rings. The number of benzene rings is 1. The highest BCUT2D eigenvalue weighted by Crippen LogP contribution is 2.08. The van der Waals surface area contributed by atoms with Crippen LogP contribution in [0.3, 0.4) is 0 Å². The van der Waals surface area contributed by atoms with Crippen LogP contribution in [-0.2, 0) is 30.4 Å². The van der Waals surface area contributed by atoms with Crippen LogP contribution < -0.4 is 38.9 Å². The first-order chi connectivity index (χ1) is 18.6. The van der Waals surface area contributed by atoms with Gasteiger partial charge in [0.1, 0.15) is 18.1 Å². The zero-order valence-corrected chi connectivity index (χ0v) is 22.3. The molecular weight excluding hydrogens is 506 g/mol. The van der Waals surface area contributed by atoms with Gasteiger partial charge in [-0.3, -0.25) is 19.2 Å². The Morgan fingerprint density at radius 3 is 1.77 bits per heavy atom. The van der Waals surface area contributed by atoms with Crippen LogP contribution in [0, 0.1) is 0 Å². The van der Waals surface area contributed by atoms with Crippen LogP contribution in [0.1, 0.15) is 56.9 Å². The van der Waals surface area contributed by atoms with Gasteiger partial charge < -0.3 is 44.0 Å². The molecule has 0 saturated carbocycles. The van der Waals surface area contributed by atoms with Gasteiger partial charge in [-0.2, -0.15) is 0 Å². The minimum absolute atomic E-state index is 0.0121. The monoisotopic (exact) mass is 549 g/mol. The predicted octanol–water partition coefficient (Wildman–Crippen LogP) is -1.38. The van der Waals surface area contributed by atoms with E-state index in [-0.39, 0.29) is 25.7 Å². The lowest BCUT2D eigenvalue weighted by atomic mass is 10.0. The smallest absolute Gasteiger partial charge is 0.326 e. The quantitative estimate of drug-likeness (QED) is 0.0891. The summed E-state index contributed by atoms with van der Waals surface area (Å²) < 4.78 is 0. The second-order valence-electron chi connectivity index (χ2n) is 9.39. The largest absolute Gasteiger partial charge is 0.480 e. The van der Waals surface area contributed by atoms with Gasteiger partial charge in [0, 0.05) is 12.8 Å². The van der Waals surface area contributed by atoms with Crippen molar-refractivity contribution in [2.24, 2.45) is 22.9 Å². The molecule has 13 heteroatoms. The number of hydrogen-bond acceptors (Lipinski definition) is 8. The van der Waals surface area contributed by atoms with E-state index in [9.17, 15) is 29.1 Å². The van der Waals surface area contributed by atoms with Crippen molar-refractivity contribution in [2.45, 2.75) is 82.0 Å². The van der Waals surface area contributed by atoms with Crippen LogP contribution in [0.25, 0.3) is 0 Å². The van der Waals surface area contributed by atoms with Gasteiger partial charge in [0.2, 0.25) is 23.6 Å². The number of rotatable bonds is 20. The van der Waals surface area contributed by atoms with Crippen LogP contribution in [0.4, 0.5) is 0 Å². The molecule has 0 aliphatic carbocycles. The number of nitrogens with one attached hydrogen (secondary N) is 3. The molecule has 4 atom stereocenters. The first kappa shape index (κ1) is 33.5. The highest BCUT2D eigenvalue weighted by Gasteiger charge is 2.30. The fraction of sp³-hybridized carbons (Fsp3) is 0.577. The van der Waals surface area contributed by atoms with Crippen LogP contribution in [0.5, 0.6) is 0 Å². The molecule has 0 heterocycles. The van der Waals surface area contributed by atoms with E-state index in [0.29, 0.717) is 50.8 Å². The minimum atomic E-state index is -1.28. The van der Waals surface area contributed by atoms with Gasteiger partial charge in [0.05, 0.1) is 6.04 Å². The molecule has 0 aliphatic rings. The van der Waals surface area contributed by atoms with Gasteiger partial charge >= 0.3 is 5.97 Å². The van der Waals surface area contributed by atoms with E-state index in [1.54, 1.807) is 30.3 Å². The molecule has 0 aliphatic heterocycles. The number of hydrogen-bond donors (Lipinski definition) is 8. The summed E-state index contributed by atoms with van der Waals surface area (Å²) in [5, 5.41) is 17.3. The fourth-order valence-electron chi connectivity index (χ4n) is 3.83. The highest BCUT2D eigenvalue weighted by molar-refractivity contribution is 5.94. The van der Waals surface area contributed by atoms with Gasteiger partial charge in [-0.25, -0.2) is 4.79 Å². The third-order valence-corrected chi connectivity index (χ3v) is 6.10. The molecule has 0 aromatic heterocycles. The molecule has 0 fully saturated rings. The Bertz CT molecular complexity index is 931. The number of primary amides is 1. The molecule has 4 amide bonds. The van der Waals surface area contributed by atoms with Crippen LogP contribution in [-0.4, -0.2) is 72.0 Å². The summed E-state index contributed by atoms with van der Waals surface area (Å²) in [6.07, 6.45) is 2.73. The lowest BCUT2D eigenvalue weighted by molar-refractivity contribution is -0.142. The normalized spacial score (nSPS) is 13.9. The van der Waals surface area contributed by atoms with Gasteiger partial charge in [0.25, 0.3) is 0 Å². The standard InChI is InChI=1S/C26H43N7O6/c27-14-6-4-10-18(29)23(35)31-19(11-5-7-15-28)24(36)32-20(12-13-22(30)34)25(37)33-21(26(38)39)16-17-8-2-1-3-9-17/h1-3,8-9,18-21H,4-7,10-16,27-29H2,(H2,30,34)(H,31,35)(H,32,36)(H,33,37)(H,38,39). The Hall–Kier alpha value is -3.55. The number of unbranched alkanes of at least 4 members (excludes halogenated alkanes) is 2. The first-order valence-electron chi connectivity index (χ1n) is 13.2. The van der Waals surface area contributed by atoms with E-state index >= 15 is 0 Å². The zero-order valence-electron chi connectivity index (χ0n) is 22.3. The van der Waals surface area contributed by atoms with Crippen molar-refractivity contribution in [3.8, 4) is 0 Å². The summed E-state index contributed by atoms with van der Waals surface area (Å²) in [7, 11) is 0. The van der Waals surface area contributed by atoms with Crippen molar-refractivity contribution in [1.29, 1.82) is 0 Å². The average molecular weight is 550 g/mol. The summed E-state index contributed by atoms with van der Waals surface area (Å²) in [6.45, 7) is 0.865. The van der Waals surface area contributed by atoms with E-state index < -0.39 is 53.8 Å². The SMILES string of the molecule is NCCCCC(N)C(=O)NC(CCCCN)C(=O)NC(CCC(N)=O)C(=O)NC(Cc1ccccc1)C(=O)O. The van der Waals surface area contributed by atoms with Gasteiger partial charge in [-0.05, 0) is 57.2 Å². The zero-order chi connectivity index (χ0) is 29.2. The molecule has 1 rings (SSSR count). The van der Waals surface area contributed by atoms with Crippen LogP contribution in [0.15, 0.2) is 30.3 Å². The van der Waals surface area contributed by atoms with Crippen LogP contribution >= 0.6 is 0 Å². The number of carbonyl (C=O) groups is 5. The molecular formula is C26H43N7O6. The number of amides is 4. The number of aliphatic carboxylic acids is 1. The van der Waals surface area contributed by atoms with E-state index in [1.807, 2.05) is 0 Å². The van der Waals surface area contributed by atoms with Crippen molar-refractivity contribution in [3.05, 3.63) is 35.9 Å². The molecule has 39 heavy (non-hydrogen) atoms. The van der Waals surface area contributed by atoms with Gasteiger partial charge in [0.15, 0.2) is 0 Å². The summed E-state index contributed by atoms with van der Waals surface area (Å²) >= 11 is 0. The maximum Gasteiger partial charge on any atom is 0.326 e. The second-order valence-corrected chi connectivity index (χ2v) is 9.39. The minimum Gasteiger partial charge on any atom is -0.480 e. The molecule has 13 nitrogen and oxygen atoms in total. The number of carboxylic acid groups (broad SMARTS) is 1. The third kappa shape index (κ3) is 13.7. The fourth-order valence-corrected chi connectivity index (χ4v) is 3.83. The Morgan fingerprint density at radius 1 is 0.718 bits per heavy atom. The summed E-state index contributed by atoms with van der Waals surface area (Å²) in [5.41, 5.74) is 22.9. The topological polar surface area (TPSA) is 246 Å². The molecule has 0 saturated heterocycles. The van der Waals surface area contributed by atoms with Crippen molar-refractivity contribution in [1.82, 2.24) is 16.0 Å². The number of nitrogens with two attached hydrogens (primary N) is 4. The highest BCUT2D eigenvalue weighted by atomic mass is 16.4. The molecule has 0 spiro atoms. The van der Waals surface area contributed by atoms with E-state index in [2.05, 4.69) is 16.0 Å². The molecule has 0 radical (unpaired) electrons. The Labute approximate surface area is 228 Å². The first-order valence-corrected chi connectivity index (χ1v) is 13.2. The van der Waals surface area contributed by atoms with Crippen molar-refractivity contribution >= 4 is 29.6 Å². The summed E-state index contributed by atoms with van der Waals surface area (Å²) in [4.78, 5) is 62.2. The second kappa shape index (κ2) is 18.7. The number of carboxylic acids is 1.